The Morgan fingerprint density at radius 1 is 1.37 bits per heavy atom. The molecule has 1 rings (SSSR count). The average Bonchev–Trinajstić information content (AvgIpc) is 2.36. The molecule has 0 aliphatic carbocycles. The van der Waals surface area contributed by atoms with Gasteiger partial charge >= 0.3 is 0 Å². The number of hydrogen-bond donors (Lipinski definition) is 2. The molecule has 1 atom stereocenters. The Bertz CT molecular complexity index is 476. The molecule has 1 aromatic heterocycles. The summed E-state index contributed by atoms with van der Waals surface area (Å²) in [6, 6.07) is 2.79. The number of amides is 1. The molecule has 0 fully saturated rings. The molecule has 0 aliphatic heterocycles. The lowest BCUT2D eigenvalue weighted by atomic mass is 10.1. The fourth-order valence-electron chi connectivity index (χ4n) is 1.67. The van der Waals surface area contributed by atoms with Crippen LogP contribution >= 0.6 is 0 Å². The molecule has 0 bridgehead atoms. The third-order valence-corrected chi connectivity index (χ3v) is 3.97. The van der Waals surface area contributed by atoms with Crippen LogP contribution in [0.2, 0.25) is 0 Å². The predicted molar refractivity (Wildman–Crippen MR) is 74.2 cm³/mol. The third kappa shape index (κ3) is 6.19. The van der Waals surface area contributed by atoms with Crippen molar-refractivity contribution in [1.29, 1.82) is 0 Å². The van der Waals surface area contributed by atoms with Gasteiger partial charge in [0.25, 0.3) is 0 Å². The van der Waals surface area contributed by atoms with Crippen molar-refractivity contribution in [2.45, 2.75) is 32.2 Å². The quantitative estimate of drug-likeness (QED) is 0.666. The maximum absolute atomic E-state index is 12.0. The Morgan fingerprint density at radius 2 is 2.05 bits per heavy atom. The first-order valence-electron chi connectivity index (χ1n) is 6.17. The second-order valence-electron chi connectivity index (χ2n) is 4.24. The van der Waals surface area contributed by atoms with Crippen LogP contribution in [0.15, 0.2) is 24.5 Å². The summed E-state index contributed by atoms with van der Waals surface area (Å²) in [5.41, 5.74) is 0.468. The van der Waals surface area contributed by atoms with E-state index in [4.69, 9.17) is 0 Å². The van der Waals surface area contributed by atoms with E-state index < -0.39 is 10.0 Å². The molecule has 0 spiro atoms. The number of aromatic nitrogens is 1. The van der Waals surface area contributed by atoms with Gasteiger partial charge in [0.15, 0.2) is 0 Å². The highest BCUT2D eigenvalue weighted by molar-refractivity contribution is 7.92. The van der Waals surface area contributed by atoms with Gasteiger partial charge in [-0.2, -0.15) is 0 Å². The summed E-state index contributed by atoms with van der Waals surface area (Å²) >= 11 is 0. The molecule has 0 aliphatic rings. The van der Waals surface area contributed by atoms with Gasteiger partial charge in [-0.1, -0.05) is 19.8 Å². The molecule has 6 nitrogen and oxygen atoms in total. The highest BCUT2D eigenvalue weighted by atomic mass is 32.2. The van der Waals surface area contributed by atoms with Crippen molar-refractivity contribution in [3.05, 3.63) is 24.5 Å². The minimum Gasteiger partial charge on any atom is -0.355 e. The summed E-state index contributed by atoms with van der Waals surface area (Å²) < 4.78 is 26.4. The van der Waals surface area contributed by atoms with Crippen LogP contribution in [0.3, 0.4) is 0 Å². The molecule has 1 amide bonds. The Labute approximate surface area is 113 Å². The number of nitrogens with zero attached hydrogens (tertiary/aromatic N) is 1. The van der Waals surface area contributed by atoms with E-state index in [1.807, 2.05) is 6.92 Å². The van der Waals surface area contributed by atoms with Gasteiger partial charge in [0, 0.05) is 18.4 Å². The number of pyridine rings is 1. The van der Waals surface area contributed by atoms with Crippen molar-refractivity contribution < 1.29 is 13.2 Å². The van der Waals surface area contributed by atoms with Crippen LogP contribution in [0.25, 0.3) is 0 Å². The van der Waals surface area contributed by atoms with E-state index >= 15 is 0 Å². The van der Waals surface area contributed by atoms with Crippen molar-refractivity contribution in [1.82, 2.24) is 10.3 Å². The Morgan fingerprint density at radius 3 is 2.63 bits per heavy atom. The lowest BCUT2D eigenvalue weighted by Gasteiger charge is -2.16. The Hall–Kier alpha value is -1.63. The van der Waals surface area contributed by atoms with E-state index in [1.54, 1.807) is 12.1 Å². The van der Waals surface area contributed by atoms with Crippen LogP contribution in [0.4, 0.5) is 5.69 Å². The zero-order valence-corrected chi connectivity index (χ0v) is 11.7. The highest BCUT2D eigenvalue weighted by Gasteiger charge is 2.18. The number of anilines is 1. The zero-order chi connectivity index (χ0) is 14.1. The molecule has 7 heteroatoms. The summed E-state index contributed by atoms with van der Waals surface area (Å²) in [5.74, 6) is -0.131. The molecule has 1 aromatic rings. The van der Waals surface area contributed by atoms with Gasteiger partial charge in [-0.15, -0.1) is 0 Å². The standard InChI is InChI=1S/C12H19N3O3S/c1-2-3-4-12(14-10-16)9-19(17,18)15-11-5-7-13-8-6-11/h5-8,10,12H,2-4,9H2,1H3,(H,13,15)(H,14,16)/t12-/m0/s1. The van der Waals surface area contributed by atoms with Crippen LogP contribution in [0.5, 0.6) is 0 Å². The van der Waals surface area contributed by atoms with Gasteiger partial charge in [0.2, 0.25) is 16.4 Å². The van der Waals surface area contributed by atoms with Gasteiger partial charge < -0.3 is 5.32 Å². The maximum atomic E-state index is 12.0. The third-order valence-electron chi connectivity index (χ3n) is 2.58. The van der Waals surface area contributed by atoms with E-state index in [-0.39, 0.29) is 11.8 Å². The van der Waals surface area contributed by atoms with Crippen molar-refractivity contribution in [3.63, 3.8) is 0 Å². The summed E-state index contributed by atoms with van der Waals surface area (Å²) in [5, 5.41) is 2.55. The predicted octanol–water partition coefficient (Wildman–Crippen LogP) is 1.13. The Balaban J connectivity index is 2.63. The number of carbonyl (C=O) groups is 1. The minimum absolute atomic E-state index is 0.131. The fraction of sp³-hybridized carbons (Fsp3) is 0.500. The Kier molecular flexibility index (Phi) is 6.27. The molecule has 106 valence electrons. The summed E-state index contributed by atoms with van der Waals surface area (Å²) in [6.07, 6.45) is 6.03. The molecular weight excluding hydrogens is 266 g/mol. The molecule has 0 saturated carbocycles. The SMILES string of the molecule is CCCC[C@@H](CS(=O)(=O)Nc1ccncc1)NC=O. The van der Waals surface area contributed by atoms with Gasteiger partial charge in [-0.3, -0.25) is 14.5 Å². The number of hydrogen-bond acceptors (Lipinski definition) is 4. The average molecular weight is 285 g/mol. The van der Waals surface area contributed by atoms with E-state index in [1.165, 1.54) is 12.4 Å². The zero-order valence-electron chi connectivity index (χ0n) is 10.9. The van der Waals surface area contributed by atoms with E-state index in [0.29, 0.717) is 18.5 Å². The molecule has 0 radical (unpaired) electrons. The van der Waals surface area contributed by atoms with Crippen LogP contribution in [0.1, 0.15) is 26.2 Å². The van der Waals surface area contributed by atoms with Crippen molar-refractivity contribution in [2.75, 3.05) is 10.5 Å². The van der Waals surface area contributed by atoms with E-state index in [2.05, 4.69) is 15.0 Å². The lowest BCUT2D eigenvalue weighted by molar-refractivity contribution is -0.110. The first kappa shape index (κ1) is 15.4. The second-order valence-corrected chi connectivity index (χ2v) is 6.01. The molecular formula is C12H19N3O3S. The first-order chi connectivity index (χ1) is 9.07. The molecule has 0 unspecified atom stereocenters. The summed E-state index contributed by atoms with van der Waals surface area (Å²) in [4.78, 5) is 14.3. The molecule has 1 heterocycles. The number of unbranched alkanes of at least 4 members (excludes halogenated alkanes) is 1. The normalized spacial score (nSPS) is 12.7. The van der Waals surface area contributed by atoms with Crippen LogP contribution in [-0.2, 0) is 14.8 Å². The first-order valence-corrected chi connectivity index (χ1v) is 7.83. The smallest absolute Gasteiger partial charge is 0.234 e. The van der Waals surface area contributed by atoms with E-state index in [0.717, 1.165) is 12.8 Å². The van der Waals surface area contributed by atoms with Gasteiger partial charge in [-0.25, -0.2) is 8.42 Å². The highest BCUT2D eigenvalue weighted by Crippen LogP contribution is 2.09. The molecule has 0 aromatic carbocycles. The molecule has 2 N–H and O–H groups in total. The number of nitrogens with one attached hydrogen (secondary N) is 2. The molecule has 19 heavy (non-hydrogen) atoms. The van der Waals surface area contributed by atoms with Gasteiger partial charge in [0.1, 0.15) is 0 Å². The van der Waals surface area contributed by atoms with Crippen LogP contribution in [-0.4, -0.2) is 31.6 Å². The summed E-state index contributed by atoms with van der Waals surface area (Å²) in [7, 11) is -3.49. The van der Waals surface area contributed by atoms with Gasteiger partial charge in [-0.05, 0) is 18.6 Å². The van der Waals surface area contributed by atoms with Crippen LogP contribution < -0.4 is 10.0 Å². The largest absolute Gasteiger partial charge is 0.355 e. The molecule has 0 saturated heterocycles. The number of sulfonamides is 1. The van der Waals surface area contributed by atoms with Crippen molar-refractivity contribution >= 4 is 22.1 Å². The monoisotopic (exact) mass is 285 g/mol. The topological polar surface area (TPSA) is 88.2 Å². The second kappa shape index (κ2) is 7.73. The van der Waals surface area contributed by atoms with Crippen molar-refractivity contribution in [2.24, 2.45) is 0 Å². The minimum atomic E-state index is -3.49. The van der Waals surface area contributed by atoms with Gasteiger partial charge in [0.05, 0.1) is 11.4 Å². The summed E-state index contributed by atoms with van der Waals surface area (Å²) in [6.45, 7) is 2.02. The van der Waals surface area contributed by atoms with E-state index in [9.17, 15) is 13.2 Å². The lowest BCUT2D eigenvalue weighted by Crippen LogP contribution is -2.36. The van der Waals surface area contributed by atoms with Crippen LogP contribution in [0, 0.1) is 0 Å². The fourth-order valence-corrected chi connectivity index (χ4v) is 3.04. The van der Waals surface area contributed by atoms with Crippen molar-refractivity contribution in [3.8, 4) is 0 Å². The maximum Gasteiger partial charge on any atom is 0.234 e. The number of rotatable bonds is 9. The number of carbonyl (C=O) groups excluding carboxylic acids is 1.